The van der Waals surface area contributed by atoms with E-state index in [-0.39, 0.29) is 18.9 Å². The van der Waals surface area contributed by atoms with Crippen molar-refractivity contribution in [3.05, 3.63) is 72.9 Å². The lowest BCUT2D eigenvalue weighted by molar-refractivity contribution is -0.359. The molecule has 9 N–H and O–H groups in total. The van der Waals surface area contributed by atoms with Crippen molar-refractivity contribution in [2.24, 2.45) is 0 Å². The summed E-state index contributed by atoms with van der Waals surface area (Å²) in [6, 6.07) is -0.934. The molecule has 2 aliphatic rings. The number of rotatable bonds is 71. The number of ether oxygens (including phenoxy) is 4. The van der Waals surface area contributed by atoms with Crippen molar-refractivity contribution in [3.8, 4) is 0 Å². The number of hydrogen-bond acceptors (Lipinski definition) is 13. The van der Waals surface area contributed by atoms with Crippen LogP contribution < -0.4 is 5.32 Å². The molecule has 0 aromatic heterocycles. The molecule has 2 heterocycles. The molecule has 2 fully saturated rings. The first-order chi connectivity index (χ1) is 49.1. The fourth-order valence-corrected chi connectivity index (χ4v) is 13.8. The van der Waals surface area contributed by atoms with Crippen LogP contribution in [-0.4, -0.2) is 140 Å². The van der Waals surface area contributed by atoms with Gasteiger partial charge in [-0.2, -0.15) is 0 Å². The highest BCUT2D eigenvalue weighted by atomic mass is 16.7. The van der Waals surface area contributed by atoms with Crippen LogP contribution in [0.25, 0.3) is 0 Å². The predicted molar refractivity (Wildman–Crippen MR) is 415 cm³/mol. The van der Waals surface area contributed by atoms with Crippen LogP contribution in [0.1, 0.15) is 373 Å². The first-order valence-electron chi connectivity index (χ1n) is 42.2. The number of carbonyl (C=O) groups is 1. The van der Waals surface area contributed by atoms with Crippen LogP contribution in [0.3, 0.4) is 0 Å². The number of allylic oxidation sites excluding steroid dienone is 11. The first kappa shape index (κ1) is 93.5. The monoisotopic (exact) mass is 1410 g/mol. The van der Waals surface area contributed by atoms with Crippen LogP contribution in [0, 0.1) is 0 Å². The normalized spacial score (nSPS) is 22.2. The molecule has 0 radical (unpaired) electrons. The molecule has 0 aliphatic carbocycles. The highest BCUT2D eigenvalue weighted by Gasteiger charge is 2.51. The van der Waals surface area contributed by atoms with Gasteiger partial charge in [0.1, 0.15) is 48.8 Å². The Balaban J connectivity index is 1.58. The lowest BCUT2D eigenvalue weighted by Gasteiger charge is -2.46. The molecule has 0 aromatic rings. The molecule has 0 saturated carbocycles. The number of unbranched alkanes of at least 4 members (excludes halogenated alkanes) is 48. The molecule has 0 spiro atoms. The summed E-state index contributed by atoms with van der Waals surface area (Å²) in [5.41, 5.74) is 0. The van der Waals surface area contributed by atoms with Crippen molar-refractivity contribution in [3.63, 3.8) is 0 Å². The average molecular weight is 1410 g/mol. The van der Waals surface area contributed by atoms with E-state index in [4.69, 9.17) is 18.9 Å². The van der Waals surface area contributed by atoms with E-state index in [1.807, 2.05) is 6.08 Å². The molecule has 100 heavy (non-hydrogen) atoms. The Morgan fingerprint density at radius 3 is 1.10 bits per heavy atom. The second kappa shape index (κ2) is 69.5. The Morgan fingerprint density at radius 2 is 0.700 bits per heavy atom. The number of nitrogens with one attached hydrogen (secondary N) is 1. The van der Waals surface area contributed by atoms with Gasteiger partial charge in [0.05, 0.1) is 32.0 Å². The van der Waals surface area contributed by atoms with Gasteiger partial charge in [-0.1, -0.05) is 369 Å². The van der Waals surface area contributed by atoms with E-state index in [9.17, 15) is 45.6 Å². The predicted octanol–water partition coefficient (Wildman–Crippen LogP) is 19.7. The molecule has 584 valence electrons. The zero-order valence-electron chi connectivity index (χ0n) is 64.2. The minimum absolute atomic E-state index is 0.242. The van der Waals surface area contributed by atoms with E-state index >= 15 is 0 Å². The van der Waals surface area contributed by atoms with Crippen LogP contribution in [0.2, 0.25) is 0 Å². The Kier molecular flexibility index (Phi) is 65.0. The number of hydrogen-bond donors (Lipinski definition) is 9. The van der Waals surface area contributed by atoms with Gasteiger partial charge in [-0.3, -0.25) is 4.79 Å². The van der Waals surface area contributed by atoms with E-state index in [0.717, 1.165) is 57.8 Å². The molecule has 14 heteroatoms. The van der Waals surface area contributed by atoms with Crippen molar-refractivity contribution < 1.29 is 64.6 Å². The minimum atomic E-state index is -1.79. The molecular weight excluding hydrogens is 1250 g/mol. The summed E-state index contributed by atoms with van der Waals surface area (Å²) in [5, 5.41) is 87.7. The van der Waals surface area contributed by atoms with Gasteiger partial charge in [0.15, 0.2) is 12.6 Å². The quantitative estimate of drug-likeness (QED) is 0.0204. The van der Waals surface area contributed by atoms with Crippen LogP contribution >= 0.6 is 0 Å². The third-order valence-corrected chi connectivity index (χ3v) is 20.4. The summed E-state index contributed by atoms with van der Waals surface area (Å²) in [4.78, 5) is 13.4. The number of aliphatic hydroxyl groups is 8. The molecule has 2 rings (SSSR count). The van der Waals surface area contributed by atoms with E-state index in [1.165, 1.54) is 283 Å². The van der Waals surface area contributed by atoms with Gasteiger partial charge in [-0.15, -0.1) is 0 Å². The molecule has 1 amide bonds. The maximum atomic E-state index is 13.4. The maximum absolute atomic E-state index is 13.4. The minimum Gasteiger partial charge on any atom is -0.394 e. The Labute approximate surface area is 612 Å². The van der Waals surface area contributed by atoms with E-state index in [1.54, 1.807) is 6.08 Å². The number of carbonyl (C=O) groups excluding carboxylic acids is 1. The Bertz CT molecular complexity index is 1960. The summed E-state index contributed by atoms with van der Waals surface area (Å²) in [7, 11) is 0. The Morgan fingerprint density at radius 1 is 0.370 bits per heavy atom. The number of aliphatic hydroxyl groups excluding tert-OH is 8. The van der Waals surface area contributed by atoms with Crippen molar-refractivity contribution in [1.29, 1.82) is 0 Å². The molecule has 0 bridgehead atoms. The SMILES string of the molecule is CC/C=C\C/C=C\C/C=C\C/C=C\CCCCCCCCCCCCCCCCCCCCCCCCCCCCC(=O)NC(COC1OC(CO)C(OC2OC(CO)C(O)C(O)C2O)C(O)C1O)C(O)/C=C/CC/C=C/CCCCCCCCCCCCCCCCCCCCCCC. The summed E-state index contributed by atoms with van der Waals surface area (Å²) in [6.07, 6.45) is 80.1. The van der Waals surface area contributed by atoms with E-state index in [0.29, 0.717) is 12.8 Å². The summed E-state index contributed by atoms with van der Waals surface area (Å²) in [5.74, 6) is -0.242. The van der Waals surface area contributed by atoms with Crippen LogP contribution in [-0.2, 0) is 23.7 Å². The molecule has 12 unspecified atom stereocenters. The largest absolute Gasteiger partial charge is 0.394 e. The molecule has 0 aromatic carbocycles. The first-order valence-corrected chi connectivity index (χ1v) is 42.2. The summed E-state index contributed by atoms with van der Waals surface area (Å²) < 4.78 is 22.9. The molecule has 2 saturated heterocycles. The zero-order chi connectivity index (χ0) is 72.2. The van der Waals surface area contributed by atoms with Gasteiger partial charge < -0.3 is 65.1 Å². The van der Waals surface area contributed by atoms with Gasteiger partial charge in [0.2, 0.25) is 5.91 Å². The second-order valence-electron chi connectivity index (χ2n) is 29.6. The third-order valence-electron chi connectivity index (χ3n) is 20.4. The van der Waals surface area contributed by atoms with Crippen LogP contribution in [0.4, 0.5) is 0 Å². The van der Waals surface area contributed by atoms with Crippen LogP contribution in [0.15, 0.2) is 72.9 Å². The average Bonchev–Trinajstić information content (AvgIpc) is 0.796. The van der Waals surface area contributed by atoms with Crippen LogP contribution in [0.5, 0.6) is 0 Å². The lowest BCUT2D eigenvalue weighted by Crippen LogP contribution is -2.65. The smallest absolute Gasteiger partial charge is 0.220 e. The van der Waals surface area contributed by atoms with E-state index in [2.05, 4.69) is 79.9 Å². The standard InChI is InChI=1S/C86H157NO13/c1-3-5-7-9-11-13-15-17-19-21-23-25-27-29-31-32-33-34-35-36-37-38-39-40-41-42-44-46-48-50-52-54-56-58-60-62-64-66-68-70-78(91)87-74(73-97-85-83(96)81(94)84(77(72-89)99-85)100-86-82(95)80(93)79(92)76(71-88)98-86)75(90)69-67-65-63-61-59-57-55-53-51-49-47-45-43-30-28-26-24-22-20-18-16-14-12-10-8-6-4-2/h5,7,11,13,17,19,23,25,59,61,67,69,74-77,79-86,88-90,92-96H,3-4,6,8-10,12,14-16,18,20-22,24,26-58,60,62-66,68,70-73H2,1-2H3,(H,87,91)/b7-5-,13-11-,19-17-,25-23-,61-59+,69-67+. The number of amides is 1. The van der Waals surface area contributed by atoms with Crippen molar-refractivity contribution in [2.75, 3.05) is 19.8 Å². The lowest BCUT2D eigenvalue weighted by atomic mass is 9.97. The maximum Gasteiger partial charge on any atom is 0.220 e. The van der Waals surface area contributed by atoms with E-state index < -0.39 is 86.8 Å². The fourth-order valence-electron chi connectivity index (χ4n) is 13.8. The molecule has 14 nitrogen and oxygen atoms in total. The van der Waals surface area contributed by atoms with Gasteiger partial charge in [0, 0.05) is 6.42 Å². The highest BCUT2D eigenvalue weighted by Crippen LogP contribution is 2.30. The van der Waals surface area contributed by atoms with Gasteiger partial charge in [-0.25, -0.2) is 0 Å². The van der Waals surface area contributed by atoms with Crippen molar-refractivity contribution >= 4 is 5.91 Å². The van der Waals surface area contributed by atoms with Gasteiger partial charge in [0.25, 0.3) is 0 Å². The molecular formula is C86H157NO13. The topological polar surface area (TPSA) is 228 Å². The summed E-state index contributed by atoms with van der Waals surface area (Å²) >= 11 is 0. The van der Waals surface area contributed by atoms with Gasteiger partial charge >= 0.3 is 0 Å². The molecule has 12 atom stereocenters. The summed E-state index contributed by atoms with van der Waals surface area (Å²) in [6.45, 7) is 2.73. The second-order valence-corrected chi connectivity index (χ2v) is 29.6. The zero-order valence-corrected chi connectivity index (χ0v) is 64.2. The van der Waals surface area contributed by atoms with Crippen molar-refractivity contribution in [1.82, 2.24) is 5.32 Å². The Hall–Kier alpha value is -2.57. The molecule has 2 aliphatic heterocycles. The van der Waals surface area contributed by atoms with Crippen molar-refractivity contribution in [2.45, 2.75) is 447 Å². The fraction of sp³-hybridized carbons (Fsp3) is 0.849. The highest BCUT2D eigenvalue weighted by molar-refractivity contribution is 5.76. The van der Waals surface area contributed by atoms with Gasteiger partial charge in [-0.05, 0) is 70.6 Å². The third kappa shape index (κ3) is 51.6.